The van der Waals surface area contributed by atoms with Crippen molar-refractivity contribution < 1.29 is 9.21 Å². The summed E-state index contributed by atoms with van der Waals surface area (Å²) in [5, 5.41) is 2.96. The summed E-state index contributed by atoms with van der Waals surface area (Å²) in [4.78, 5) is 12.4. The van der Waals surface area contributed by atoms with E-state index >= 15 is 0 Å². The van der Waals surface area contributed by atoms with Gasteiger partial charge in [-0.2, -0.15) is 0 Å². The van der Waals surface area contributed by atoms with Crippen LogP contribution in [0.15, 0.2) is 65.1 Å². The molecule has 0 bridgehead atoms. The van der Waals surface area contributed by atoms with Crippen molar-refractivity contribution in [3.63, 3.8) is 0 Å². The van der Waals surface area contributed by atoms with Gasteiger partial charge in [-0.3, -0.25) is 4.79 Å². The van der Waals surface area contributed by atoms with Crippen LogP contribution in [0.5, 0.6) is 0 Å². The lowest BCUT2D eigenvalue weighted by atomic mass is 10.1. The van der Waals surface area contributed by atoms with Crippen molar-refractivity contribution in [1.29, 1.82) is 0 Å². The molecule has 0 atom stereocenters. The third-order valence-corrected chi connectivity index (χ3v) is 4.04. The fourth-order valence-electron chi connectivity index (χ4n) is 2.63. The van der Waals surface area contributed by atoms with E-state index in [2.05, 4.69) is 17.4 Å². The molecule has 1 N–H and O–H groups in total. The Morgan fingerprint density at radius 3 is 2.42 bits per heavy atom. The summed E-state index contributed by atoms with van der Waals surface area (Å²) in [5.74, 6) is 1.27. The first kappa shape index (κ1) is 16.1. The summed E-state index contributed by atoms with van der Waals surface area (Å²) in [6.07, 6.45) is 0.814. The second-order valence-corrected chi connectivity index (χ2v) is 5.94. The average Bonchev–Trinajstić information content (AvgIpc) is 2.98. The van der Waals surface area contributed by atoms with E-state index in [-0.39, 0.29) is 5.91 Å². The number of furan rings is 1. The summed E-state index contributed by atoms with van der Waals surface area (Å²) < 4.78 is 5.77. The van der Waals surface area contributed by atoms with Crippen LogP contribution < -0.4 is 5.32 Å². The quantitative estimate of drug-likeness (QED) is 0.750. The Morgan fingerprint density at radius 2 is 1.71 bits per heavy atom. The van der Waals surface area contributed by atoms with Gasteiger partial charge in [0, 0.05) is 12.1 Å². The van der Waals surface area contributed by atoms with Gasteiger partial charge in [0.2, 0.25) is 0 Å². The molecule has 1 amide bonds. The number of amides is 1. The number of aryl methyl sites for hydroxylation is 2. The van der Waals surface area contributed by atoms with Crippen molar-refractivity contribution in [1.82, 2.24) is 5.32 Å². The first-order valence-corrected chi connectivity index (χ1v) is 8.13. The average molecular weight is 319 g/mol. The topological polar surface area (TPSA) is 42.2 Å². The van der Waals surface area contributed by atoms with Gasteiger partial charge in [-0.1, -0.05) is 60.2 Å². The smallest absolute Gasteiger partial charge is 0.254 e. The van der Waals surface area contributed by atoms with E-state index < -0.39 is 0 Å². The zero-order valence-corrected chi connectivity index (χ0v) is 14.0. The van der Waals surface area contributed by atoms with Gasteiger partial charge in [0.05, 0.1) is 5.56 Å². The molecule has 122 valence electrons. The fourth-order valence-corrected chi connectivity index (χ4v) is 2.63. The highest BCUT2D eigenvalue weighted by molar-refractivity contribution is 5.96. The summed E-state index contributed by atoms with van der Waals surface area (Å²) in [6, 6.07) is 20.0. The Bertz CT molecular complexity index is 817. The molecule has 0 unspecified atom stereocenters. The molecule has 3 aromatic rings. The van der Waals surface area contributed by atoms with Crippen molar-refractivity contribution in [2.24, 2.45) is 0 Å². The molecule has 24 heavy (non-hydrogen) atoms. The summed E-state index contributed by atoms with van der Waals surface area (Å²) in [7, 11) is 0. The minimum Gasteiger partial charge on any atom is -0.461 e. The van der Waals surface area contributed by atoms with E-state index in [0.717, 1.165) is 17.7 Å². The molecule has 0 fully saturated rings. The molecule has 3 rings (SSSR count). The largest absolute Gasteiger partial charge is 0.461 e. The van der Waals surface area contributed by atoms with Gasteiger partial charge in [-0.15, -0.1) is 0 Å². The van der Waals surface area contributed by atoms with Gasteiger partial charge in [0.1, 0.15) is 11.5 Å². The van der Waals surface area contributed by atoms with E-state index in [9.17, 15) is 4.79 Å². The molecule has 1 heterocycles. The van der Waals surface area contributed by atoms with Gasteiger partial charge in [0.15, 0.2) is 0 Å². The fraction of sp³-hybridized carbons (Fsp3) is 0.190. The van der Waals surface area contributed by atoms with Crippen LogP contribution in [0.4, 0.5) is 0 Å². The molecule has 0 aliphatic carbocycles. The van der Waals surface area contributed by atoms with Gasteiger partial charge >= 0.3 is 0 Å². The van der Waals surface area contributed by atoms with Crippen molar-refractivity contribution in [3.8, 4) is 11.3 Å². The molecule has 3 heteroatoms. The Morgan fingerprint density at radius 1 is 1.00 bits per heavy atom. The number of benzene rings is 2. The van der Waals surface area contributed by atoms with E-state index in [1.54, 1.807) is 0 Å². The molecule has 1 aromatic heterocycles. The highest BCUT2D eigenvalue weighted by atomic mass is 16.3. The predicted octanol–water partition coefficient (Wildman–Crippen LogP) is 4.54. The highest BCUT2D eigenvalue weighted by Crippen LogP contribution is 2.25. The maximum Gasteiger partial charge on any atom is 0.254 e. The van der Waals surface area contributed by atoms with Crippen LogP contribution >= 0.6 is 0 Å². The van der Waals surface area contributed by atoms with Crippen molar-refractivity contribution in [2.75, 3.05) is 6.54 Å². The van der Waals surface area contributed by atoms with Gasteiger partial charge < -0.3 is 9.73 Å². The molecule has 0 aliphatic rings. The van der Waals surface area contributed by atoms with Crippen LogP contribution in [0.2, 0.25) is 0 Å². The van der Waals surface area contributed by atoms with Crippen LogP contribution in [0.25, 0.3) is 11.3 Å². The second kappa shape index (κ2) is 7.18. The predicted molar refractivity (Wildman–Crippen MR) is 96.1 cm³/mol. The Hall–Kier alpha value is -2.81. The van der Waals surface area contributed by atoms with E-state index in [0.29, 0.717) is 17.9 Å². The molecule has 0 saturated carbocycles. The lowest BCUT2D eigenvalue weighted by molar-refractivity contribution is 0.0952. The van der Waals surface area contributed by atoms with Gasteiger partial charge in [-0.05, 0) is 31.9 Å². The molecular formula is C21H21NO2. The number of carbonyl (C=O) groups is 1. The van der Waals surface area contributed by atoms with Crippen LogP contribution in [-0.2, 0) is 6.42 Å². The van der Waals surface area contributed by atoms with Crippen molar-refractivity contribution in [3.05, 3.63) is 83.1 Å². The molecule has 0 aliphatic heterocycles. The maximum atomic E-state index is 12.4. The van der Waals surface area contributed by atoms with Crippen LogP contribution in [0.3, 0.4) is 0 Å². The first-order chi connectivity index (χ1) is 11.6. The summed E-state index contributed by atoms with van der Waals surface area (Å²) >= 11 is 0. The summed E-state index contributed by atoms with van der Waals surface area (Å²) in [5.41, 5.74) is 3.98. The van der Waals surface area contributed by atoms with Crippen LogP contribution in [0.1, 0.15) is 27.2 Å². The van der Waals surface area contributed by atoms with Crippen LogP contribution in [-0.4, -0.2) is 12.5 Å². The molecule has 0 radical (unpaired) electrons. The van der Waals surface area contributed by atoms with Crippen molar-refractivity contribution in [2.45, 2.75) is 20.3 Å². The van der Waals surface area contributed by atoms with Crippen LogP contribution in [0, 0.1) is 13.8 Å². The molecular weight excluding hydrogens is 298 g/mol. The Kier molecular flexibility index (Phi) is 4.80. The lowest BCUT2D eigenvalue weighted by Gasteiger charge is -2.04. The summed E-state index contributed by atoms with van der Waals surface area (Å²) in [6.45, 7) is 4.47. The van der Waals surface area contributed by atoms with Crippen molar-refractivity contribution >= 4 is 5.91 Å². The standard InChI is InChI=1S/C21H21NO2/c1-15-8-10-18(11-9-15)20-14-19(16(2)24-20)21(23)22-13-12-17-6-4-3-5-7-17/h3-11,14H,12-13H2,1-2H3,(H,22,23). The second-order valence-electron chi connectivity index (χ2n) is 5.94. The lowest BCUT2D eigenvalue weighted by Crippen LogP contribution is -2.25. The minimum atomic E-state index is -0.0921. The normalized spacial score (nSPS) is 10.6. The molecule has 2 aromatic carbocycles. The highest BCUT2D eigenvalue weighted by Gasteiger charge is 2.15. The van der Waals surface area contributed by atoms with E-state index in [1.165, 1.54) is 11.1 Å². The molecule has 0 saturated heterocycles. The number of carbonyl (C=O) groups excluding carboxylic acids is 1. The number of rotatable bonds is 5. The minimum absolute atomic E-state index is 0.0921. The zero-order chi connectivity index (χ0) is 16.9. The van der Waals surface area contributed by atoms with E-state index in [1.807, 2.05) is 62.4 Å². The third kappa shape index (κ3) is 3.74. The molecule has 0 spiro atoms. The van der Waals surface area contributed by atoms with Gasteiger partial charge in [0.25, 0.3) is 5.91 Å². The SMILES string of the molecule is Cc1ccc(-c2cc(C(=O)NCCc3ccccc3)c(C)o2)cc1. The Balaban J connectivity index is 1.66. The number of hydrogen-bond donors (Lipinski definition) is 1. The number of nitrogens with one attached hydrogen (secondary N) is 1. The zero-order valence-electron chi connectivity index (χ0n) is 14.0. The van der Waals surface area contributed by atoms with Gasteiger partial charge in [-0.25, -0.2) is 0 Å². The third-order valence-electron chi connectivity index (χ3n) is 4.04. The Labute approximate surface area is 142 Å². The first-order valence-electron chi connectivity index (χ1n) is 8.13. The van der Waals surface area contributed by atoms with E-state index in [4.69, 9.17) is 4.42 Å². The number of hydrogen-bond acceptors (Lipinski definition) is 2. The maximum absolute atomic E-state index is 12.4. The molecule has 3 nitrogen and oxygen atoms in total. The monoisotopic (exact) mass is 319 g/mol.